The fraction of sp³-hybridized carbons (Fsp3) is 0.276. The zero-order valence-corrected chi connectivity index (χ0v) is 42.4. The standard InChI is InChI=1S/2C28H29.C2H6Si.2ClH.Zr/c2*1-2-3-4-5-8-13-22-20-27-25(23-14-9-6-10-15-23)18-19-26(28(27)21-22)24-16-11-7-12-17-24;1-3-2;;;/h2*6-7,9-12,14-21H,2-5,8,13H2,1H3;1-2H3;2*1H;/q2*-1;;;;+4/p-2. The number of hydrogen-bond donors (Lipinski definition) is 0. The van der Waals surface area contributed by atoms with Crippen LogP contribution in [0.3, 0.4) is 0 Å². The quantitative estimate of drug-likeness (QED) is 0.0514. The summed E-state index contributed by atoms with van der Waals surface area (Å²) in [7, 11) is 11.0. The van der Waals surface area contributed by atoms with Crippen molar-refractivity contribution in [3.8, 4) is 44.5 Å². The summed E-state index contributed by atoms with van der Waals surface area (Å²) in [6, 6.07) is 62.0. The van der Waals surface area contributed by atoms with Gasteiger partial charge in [0.2, 0.25) is 0 Å². The van der Waals surface area contributed by atoms with Gasteiger partial charge in [0.1, 0.15) is 0 Å². The normalized spacial score (nSPS) is 10.5. The van der Waals surface area contributed by atoms with Gasteiger partial charge in [-0.2, -0.15) is 12.1 Å². The van der Waals surface area contributed by atoms with Gasteiger partial charge in [0.05, 0.1) is 0 Å². The molecule has 0 heterocycles. The summed E-state index contributed by atoms with van der Waals surface area (Å²) in [4.78, 5) is 0. The van der Waals surface area contributed by atoms with Crippen LogP contribution in [0.25, 0.3) is 66.1 Å². The van der Waals surface area contributed by atoms with Crippen molar-refractivity contribution in [3.05, 3.63) is 181 Å². The average Bonchev–Trinajstić information content (AvgIpc) is 3.95. The van der Waals surface area contributed by atoms with E-state index in [9.17, 15) is 0 Å². The summed E-state index contributed by atoms with van der Waals surface area (Å²) in [5, 5.41) is 5.54. The van der Waals surface area contributed by atoms with Gasteiger partial charge in [0, 0.05) is 9.52 Å². The van der Waals surface area contributed by atoms with E-state index in [0.717, 1.165) is 9.52 Å². The van der Waals surface area contributed by atoms with E-state index >= 15 is 0 Å². The number of fused-ring (bicyclic) bond motifs is 2. The molecule has 2 radical (unpaired) electrons. The zero-order valence-electron chi connectivity index (χ0n) is 37.4. The minimum atomic E-state index is -0.826. The molecular formula is C58H64Cl2SiZr. The van der Waals surface area contributed by atoms with Crippen LogP contribution in [0.4, 0.5) is 0 Å². The molecule has 0 saturated carbocycles. The number of rotatable bonds is 16. The molecule has 0 fully saturated rings. The van der Waals surface area contributed by atoms with Crippen LogP contribution in [-0.2, 0) is 33.7 Å². The van der Waals surface area contributed by atoms with Gasteiger partial charge in [-0.15, -0.1) is 44.8 Å². The van der Waals surface area contributed by atoms with Crippen LogP contribution in [0.1, 0.15) is 89.2 Å². The van der Waals surface area contributed by atoms with E-state index in [1.54, 1.807) is 0 Å². The van der Waals surface area contributed by atoms with Crippen molar-refractivity contribution in [2.45, 2.75) is 104 Å². The summed E-state index contributed by atoms with van der Waals surface area (Å²) >= 11 is -0.826. The maximum atomic E-state index is 4.93. The second-order valence-corrected chi connectivity index (χ2v) is 20.8. The molecule has 62 heavy (non-hydrogen) atoms. The molecule has 8 aromatic carbocycles. The fourth-order valence-corrected chi connectivity index (χ4v) is 8.35. The molecule has 0 aliphatic carbocycles. The fourth-order valence-electron chi connectivity index (χ4n) is 8.35. The Labute approximate surface area is 395 Å². The van der Waals surface area contributed by atoms with Crippen molar-refractivity contribution < 1.29 is 20.8 Å². The van der Waals surface area contributed by atoms with Gasteiger partial charge in [-0.05, 0) is 24.0 Å². The van der Waals surface area contributed by atoms with E-state index in [1.807, 2.05) is 0 Å². The van der Waals surface area contributed by atoms with Crippen LogP contribution >= 0.6 is 17.0 Å². The van der Waals surface area contributed by atoms with Crippen LogP contribution < -0.4 is 0 Å². The van der Waals surface area contributed by atoms with Crippen molar-refractivity contribution in [2.75, 3.05) is 0 Å². The van der Waals surface area contributed by atoms with Crippen molar-refractivity contribution in [1.29, 1.82) is 0 Å². The summed E-state index contributed by atoms with van der Waals surface area (Å²) in [5.41, 5.74) is 13.5. The first kappa shape index (κ1) is 49.2. The number of hydrogen-bond acceptors (Lipinski definition) is 0. The summed E-state index contributed by atoms with van der Waals surface area (Å²) in [6.07, 6.45) is 15.7. The molecule has 318 valence electrons. The van der Waals surface area contributed by atoms with Crippen molar-refractivity contribution in [1.82, 2.24) is 0 Å². The molecule has 0 unspecified atom stereocenters. The van der Waals surface area contributed by atoms with Crippen molar-refractivity contribution in [3.63, 3.8) is 0 Å². The molecular weight excluding hydrogens is 887 g/mol. The van der Waals surface area contributed by atoms with Crippen LogP contribution in [0.5, 0.6) is 0 Å². The van der Waals surface area contributed by atoms with Crippen LogP contribution in [0, 0.1) is 0 Å². The van der Waals surface area contributed by atoms with Gasteiger partial charge >= 0.3 is 37.9 Å². The molecule has 0 aliphatic rings. The first-order chi connectivity index (χ1) is 30.6. The van der Waals surface area contributed by atoms with Crippen LogP contribution in [-0.4, -0.2) is 9.52 Å². The maximum absolute atomic E-state index is 4.93. The SMILES string of the molecule is CCCCCCCc1cc2c(-c3ccccc3)ccc(-c3ccccc3)c2[cH-]1.CCCCCCCc1cc2c(-c3ccccc3)ccc(-c3ccccc3)c2[cH-]1.C[Si]C.[Cl][Zr+2][Cl]. The second kappa shape index (κ2) is 28.1. The van der Waals surface area contributed by atoms with Gasteiger partial charge in [-0.25, -0.2) is 0 Å². The molecule has 0 aliphatic heterocycles. The molecule has 0 aromatic heterocycles. The Morgan fingerprint density at radius 3 is 0.984 bits per heavy atom. The number of benzene rings is 6. The van der Waals surface area contributed by atoms with E-state index in [2.05, 4.69) is 197 Å². The molecule has 0 saturated heterocycles. The molecule has 0 spiro atoms. The molecule has 8 aromatic rings. The number of halogens is 2. The van der Waals surface area contributed by atoms with Crippen LogP contribution in [0.2, 0.25) is 13.1 Å². The Hall–Kier alpha value is -3.78. The van der Waals surface area contributed by atoms with Gasteiger partial charge < -0.3 is 0 Å². The second-order valence-electron chi connectivity index (χ2n) is 16.1. The third-order valence-corrected chi connectivity index (χ3v) is 11.4. The third kappa shape index (κ3) is 14.6. The molecule has 0 amide bonds. The minimum absolute atomic E-state index is 0.826. The van der Waals surface area contributed by atoms with Crippen molar-refractivity contribution in [2.24, 2.45) is 0 Å². The van der Waals surface area contributed by atoms with E-state index in [-0.39, 0.29) is 0 Å². The topological polar surface area (TPSA) is 0 Å². The van der Waals surface area contributed by atoms with E-state index in [4.69, 9.17) is 17.0 Å². The molecule has 0 atom stereocenters. The Balaban J connectivity index is 0.000000208. The van der Waals surface area contributed by atoms with E-state index in [0.29, 0.717) is 0 Å². The van der Waals surface area contributed by atoms with Gasteiger partial charge in [-0.3, -0.25) is 0 Å². The number of unbranched alkanes of at least 4 members (excludes halogenated alkanes) is 8. The monoisotopic (exact) mass is 948 g/mol. The molecule has 0 N–H and O–H groups in total. The van der Waals surface area contributed by atoms with Gasteiger partial charge in [0.25, 0.3) is 0 Å². The molecule has 4 heteroatoms. The molecule has 0 bridgehead atoms. The average molecular weight is 951 g/mol. The van der Waals surface area contributed by atoms with Gasteiger partial charge in [-0.1, -0.05) is 270 Å². The zero-order chi connectivity index (χ0) is 43.8. The predicted molar refractivity (Wildman–Crippen MR) is 275 cm³/mol. The van der Waals surface area contributed by atoms with Crippen LogP contribution in [0.15, 0.2) is 170 Å². The predicted octanol–water partition coefficient (Wildman–Crippen LogP) is 19.0. The number of aryl methyl sites for hydroxylation is 2. The first-order valence-electron chi connectivity index (χ1n) is 22.8. The Morgan fingerprint density at radius 2 is 0.677 bits per heavy atom. The van der Waals surface area contributed by atoms with E-state index < -0.39 is 20.8 Å². The summed E-state index contributed by atoms with van der Waals surface area (Å²) in [5.74, 6) is 0. The van der Waals surface area contributed by atoms with Crippen molar-refractivity contribution >= 4 is 48.1 Å². The molecule has 0 nitrogen and oxygen atoms in total. The molecule has 8 rings (SSSR count). The van der Waals surface area contributed by atoms with E-state index in [1.165, 1.54) is 154 Å². The Bertz CT molecular complexity index is 2090. The van der Waals surface area contributed by atoms with Gasteiger partial charge in [0.15, 0.2) is 0 Å². The summed E-state index contributed by atoms with van der Waals surface area (Å²) < 4.78 is 0. The third-order valence-electron chi connectivity index (χ3n) is 11.4. The first-order valence-corrected chi connectivity index (χ1v) is 31.1. The Morgan fingerprint density at radius 1 is 0.403 bits per heavy atom. The summed E-state index contributed by atoms with van der Waals surface area (Å²) in [6.45, 7) is 8.86. The Kier molecular flexibility index (Phi) is 22.3.